The largest absolute Gasteiger partial charge is 0.349 e. The van der Waals surface area contributed by atoms with Crippen molar-refractivity contribution in [2.45, 2.75) is 20.4 Å². The molecule has 0 aliphatic carbocycles. The summed E-state index contributed by atoms with van der Waals surface area (Å²) in [6.07, 6.45) is 6.97. The summed E-state index contributed by atoms with van der Waals surface area (Å²) in [5.74, 6) is -0.0846. The van der Waals surface area contributed by atoms with Crippen LogP contribution in [-0.2, 0) is 6.54 Å². The summed E-state index contributed by atoms with van der Waals surface area (Å²) in [6, 6.07) is 6.25. The number of thiazole rings is 1. The van der Waals surface area contributed by atoms with Crippen molar-refractivity contribution in [2.24, 2.45) is 0 Å². The number of carbonyl (C=O) groups is 1. The maximum Gasteiger partial charge on any atom is 0.263 e. The third-order valence-electron chi connectivity index (χ3n) is 3.56. The molecule has 23 heavy (non-hydrogen) atoms. The Morgan fingerprint density at radius 3 is 2.96 bits per heavy atom. The lowest BCUT2D eigenvalue weighted by molar-refractivity contribution is 0.0956. The van der Waals surface area contributed by atoms with Gasteiger partial charge in [0.2, 0.25) is 0 Å². The minimum absolute atomic E-state index is 0.0846. The van der Waals surface area contributed by atoms with E-state index in [1.54, 1.807) is 18.7 Å². The van der Waals surface area contributed by atoms with Gasteiger partial charge in [0.05, 0.1) is 12.5 Å². The SMILES string of the molecule is Cc1ccc(-c2ncc(C(=O)NCCn3ccnc3)s2)c(C)c1. The summed E-state index contributed by atoms with van der Waals surface area (Å²) in [7, 11) is 0. The van der Waals surface area contributed by atoms with Crippen LogP contribution in [0.1, 0.15) is 20.8 Å². The van der Waals surface area contributed by atoms with Gasteiger partial charge in [-0.05, 0) is 19.4 Å². The Labute approximate surface area is 139 Å². The second-order valence-corrected chi connectivity index (χ2v) is 6.44. The van der Waals surface area contributed by atoms with Crippen molar-refractivity contribution in [1.29, 1.82) is 0 Å². The summed E-state index contributed by atoms with van der Waals surface area (Å²) in [6.45, 7) is 5.40. The van der Waals surface area contributed by atoms with Gasteiger partial charge in [-0.3, -0.25) is 4.79 Å². The summed E-state index contributed by atoms with van der Waals surface area (Å²) >= 11 is 1.42. The Hall–Kier alpha value is -2.47. The van der Waals surface area contributed by atoms with E-state index in [0.29, 0.717) is 18.0 Å². The van der Waals surface area contributed by atoms with E-state index in [4.69, 9.17) is 0 Å². The van der Waals surface area contributed by atoms with E-state index in [2.05, 4.69) is 47.3 Å². The maximum absolute atomic E-state index is 12.2. The number of hydrogen-bond donors (Lipinski definition) is 1. The minimum atomic E-state index is -0.0846. The molecule has 0 unspecified atom stereocenters. The molecule has 6 heteroatoms. The normalized spacial score (nSPS) is 10.7. The number of imidazole rings is 1. The van der Waals surface area contributed by atoms with E-state index in [0.717, 1.165) is 10.6 Å². The zero-order chi connectivity index (χ0) is 16.2. The fourth-order valence-corrected chi connectivity index (χ4v) is 3.28. The molecule has 3 aromatic rings. The lowest BCUT2D eigenvalue weighted by Gasteiger charge is -2.04. The van der Waals surface area contributed by atoms with Gasteiger partial charge in [-0.25, -0.2) is 9.97 Å². The Kier molecular flexibility index (Phi) is 4.52. The lowest BCUT2D eigenvalue weighted by atomic mass is 10.1. The van der Waals surface area contributed by atoms with Gasteiger partial charge in [0.1, 0.15) is 9.88 Å². The zero-order valence-corrected chi connectivity index (χ0v) is 13.9. The molecule has 0 bridgehead atoms. The van der Waals surface area contributed by atoms with Crippen LogP contribution in [0.2, 0.25) is 0 Å². The average Bonchev–Trinajstić information content (AvgIpc) is 3.18. The van der Waals surface area contributed by atoms with Crippen LogP contribution in [0.3, 0.4) is 0 Å². The van der Waals surface area contributed by atoms with Crippen molar-refractivity contribution >= 4 is 17.2 Å². The van der Waals surface area contributed by atoms with Crippen LogP contribution in [0.15, 0.2) is 43.1 Å². The fraction of sp³-hybridized carbons (Fsp3) is 0.235. The van der Waals surface area contributed by atoms with Crippen LogP contribution in [0, 0.1) is 13.8 Å². The van der Waals surface area contributed by atoms with Crippen LogP contribution in [-0.4, -0.2) is 27.0 Å². The molecular formula is C17H18N4OS. The van der Waals surface area contributed by atoms with Gasteiger partial charge in [0, 0.05) is 31.0 Å². The third-order valence-corrected chi connectivity index (χ3v) is 4.59. The molecule has 0 radical (unpaired) electrons. The molecule has 0 atom stereocenters. The molecule has 0 aliphatic heterocycles. The Bertz CT molecular complexity index is 808. The molecule has 118 valence electrons. The number of benzene rings is 1. The van der Waals surface area contributed by atoms with E-state index in [-0.39, 0.29) is 5.91 Å². The molecule has 0 spiro atoms. The standard InChI is InChI=1S/C17H18N4OS/c1-12-3-4-14(13(2)9-12)17-20-10-15(23-17)16(22)19-6-8-21-7-5-18-11-21/h3-5,7,9-11H,6,8H2,1-2H3,(H,19,22). The van der Waals surface area contributed by atoms with E-state index in [1.807, 2.05) is 10.8 Å². The molecule has 0 saturated heterocycles. The third kappa shape index (κ3) is 3.65. The van der Waals surface area contributed by atoms with Crippen molar-refractivity contribution in [3.8, 4) is 10.6 Å². The molecule has 0 aliphatic rings. The van der Waals surface area contributed by atoms with E-state index < -0.39 is 0 Å². The number of amides is 1. The van der Waals surface area contributed by atoms with Crippen LogP contribution < -0.4 is 5.32 Å². The van der Waals surface area contributed by atoms with Gasteiger partial charge in [-0.1, -0.05) is 23.8 Å². The van der Waals surface area contributed by atoms with Crippen molar-refractivity contribution in [2.75, 3.05) is 6.54 Å². The Morgan fingerprint density at radius 2 is 2.22 bits per heavy atom. The van der Waals surface area contributed by atoms with Crippen LogP contribution in [0.5, 0.6) is 0 Å². The second kappa shape index (κ2) is 6.75. The van der Waals surface area contributed by atoms with Crippen molar-refractivity contribution in [1.82, 2.24) is 19.9 Å². The number of nitrogens with one attached hydrogen (secondary N) is 1. The fourth-order valence-electron chi connectivity index (χ4n) is 2.36. The molecule has 1 amide bonds. The van der Waals surface area contributed by atoms with Gasteiger partial charge < -0.3 is 9.88 Å². The highest BCUT2D eigenvalue weighted by Gasteiger charge is 2.12. The maximum atomic E-state index is 12.2. The van der Waals surface area contributed by atoms with Gasteiger partial charge in [-0.2, -0.15) is 0 Å². The predicted molar refractivity (Wildman–Crippen MR) is 91.6 cm³/mol. The molecule has 2 aromatic heterocycles. The van der Waals surface area contributed by atoms with Crippen molar-refractivity contribution in [3.63, 3.8) is 0 Å². The van der Waals surface area contributed by atoms with Gasteiger partial charge in [-0.15, -0.1) is 11.3 Å². The molecule has 0 saturated carbocycles. The summed E-state index contributed by atoms with van der Waals surface area (Å²) < 4.78 is 1.92. The summed E-state index contributed by atoms with van der Waals surface area (Å²) in [4.78, 5) is 21.2. The molecule has 3 rings (SSSR count). The van der Waals surface area contributed by atoms with Crippen LogP contribution in [0.25, 0.3) is 10.6 Å². The molecule has 2 heterocycles. The molecular weight excluding hydrogens is 308 g/mol. The van der Waals surface area contributed by atoms with Crippen molar-refractivity contribution < 1.29 is 4.79 Å². The Morgan fingerprint density at radius 1 is 1.35 bits per heavy atom. The lowest BCUT2D eigenvalue weighted by Crippen LogP contribution is -2.26. The topological polar surface area (TPSA) is 59.8 Å². The van der Waals surface area contributed by atoms with Gasteiger partial charge in [0.15, 0.2) is 0 Å². The van der Waals surface area contributed by atoms with Crippen LogP contribution in [0.4, 0.5) is 0 Å². The molecule has 5 nitrogen and oxygen atoms in total. The monoisotopic (exact) mass is 326 g/mol. The quantitative estimate of drug-likeness (QED) is 0.784. The summed E-state index contributed by atoms with van der Waals surface area (Å²) in [5, 5.41) is 3.79. The van der Waals surface area contributed by atoms with Gasteiger partial charge >= 0.3 is 0 Å². The average molecular weight is 326 g/mol. The zero-order valence-electron chi connectivity index (χ0n) is 13.1. The first kappa shape index (κ1) is 15.4. The van der Waals surface area contributed by atoms with Crippen LogP contribution >= 0.6 is 11.3 Å². The first-order valence-electron chi connectivity index (χ1n) is 7.41. The van der Waals surface area contributed by atoms with Gasteiger partial charge in [0.25, 0.3) is 5.91 Å². The van der Waals surface area contributed by atoms with E-state index >= 15 is 0 Å². The highest BCUT2D eigenvalue weighted by molar-refractivity contribution is 7.16. The number of carbonyl (C=O) groups excluding carboxylic acids is 1. The number of aromatic nitrogens is 3. The first-order chi connectivity index (χ1) is 11.1. The minimum Gasteiger partial charge on any atom is -0.349 e. The molecule has 0 fully saturated rings. The number of nitrogens with zero attached hydrogens (tertiary/aromatic N) is 3. The highest BCUT2D eigenvalue weighted by Crippen LogP contribution is 2.28. The molecule has 1 N–H and O–H groups in total. The van der Waals surface area contributed by atoms with E-state index in [9.17, 15) is 4.79 Å². The summed E-state index contributed by atoms with van der Waals surface area (Å²) in [5.41, 5.74) is 3.48. The van der Waals surface area contributed by atoms with E-state index in [1.165, 1.54) is 22.5 Å². The number of hydrogen-bond acceptors (Lipinski definition) is 4. The predicted octanol–water partition coefficient (Wildman–Crippen LogP) is 3.05. The van der Waals surface area contributed by atoms with Crippen molar-refractivity contribution in [3.05, 3.63) is 59.1 Å². The molecule has 1 aromatic carbocycles. The number of rotatable bonds is 5. The number of aryl methyl sites for hydroxylation is 2. The second-order valence-electron chi connectivity index (χ2n) is 5.40. The smallest absolute Gasteiger partial charge is 0.263 e. The first-order valence-corrected chi connectivity index (χ1v) is 8.22. The Balaban J connectivity index is 1.65. The highest BCUT2D eigenvalue weighted by atomic mass is 32.1.